The van der Waals surface area contributed by atoms with Gasteiger partial charge in [-0.15, -0.1) is 0 Å². The summed E-state index contributed by atoms with van der Waals surface area (Å²) in [6.07, 6.45) is 4.66. The van der Waals surface area contributed by atoms with E-state index in [1.165, 1.54) is 0 Å². The van der Waals surface area contributed by atoms with E-state index in [9.17, 15) is 14.7 Å². The summed E-state index contributed by atoms with van der Waals surface area (Å²) in [4.78, 5) is 31.4. The van der Waals surface area contributed by atoms with E-state index in [0.29, 0.717) is 22.6 Å². The van der Waals surface area contributed by atoms with Gasteiger partial charge in [0.2, 0.25) is 0 Å². The quantitative estimate of drug-likeness (QED) is 0.442. The van der Waals surface area contributed by atoms with Gasteiger partial charge in [0.05, 0.1) is 17.8 Å². The number of rotatable bonds is 5. The van der Waals surface area contributed by atoms with Gasteiger partial charge in [-0.25, -0.2) is 14.6 Å². The van der Waals surface area contributed by atoms with Crippen molar-refractivity contribution in [2.45, 2.75) is 104 Å². The zero-order valence-corrected chi connectivity index (χ0v) is 25.7. The van der Waals surface area contributed by atoms with Crippen molar-refractivity contribution in [2.24, 2.45) is 5.92 Å². The van der Waals surface area contributed by atoms with Gasteiger partial charge in [-0.3, -0.25) is 0 Å². The van der Waals surface area contributed by atoms with E-state index in [2.05, 4.69) is 24.1 Å². The molecule has 0 spiro atoms. The van der Waals surface area contributed by atoms with Crippen molar-refractivity contribution in [1.82, 2.24) is 10.3 Å². The molecule has 1 saturated heterocycles. The number of nitrogens with one attached hydrogen (secondary N) is 1. The van der Waals surface area contributed by atoms with Crippen LogP contribution >= 0.6 is 0 Å². The number of hydrogen-bond acceptors (Lipinski definition) is 8. The minimum absolute atomic E-state index is 0.0152. The van der Waals surface area contributed by atoms with Crippen LogP contribution in [0.15, 0.2) is 24.4 Å². The largest absolute Gasteiger partial charge is 0.478 e. The summed E-state index contributed by atoms with van der Waals surface area (Å²) in [6.45, 7) is 14.8. The number of morpholine rings is 1. The Morgan fingerprint density at radius 3 is 2.29 bits per heavy atom. The fourth-order valence-corrected chi connectivity index (χ4v) is 6.32. The number of carboxylic acid groups (broad SMARTS) is 1. The molecule has 42 heavy (non-hydrogen) atoms. The number of alkyl carbamates (subject to hydrolysis) is 1. The third-order valence-electron chi connectivity index (χ3n) is 8.32. The molecule has 1 amide bonds. The molecule has 1 aromatic carbocycles. The fourth-order valence-electron chi connectivity index (χ4n) is 6.32. The Labute approximate surface area is 247 Å². The SMILES string of the molecule is Cc1c(C(=O)O)cc(-c2ccc(N3C[C@@H](C)O[C@@H](C)C3)nc2)c2c1OC(C)(C1CCC(NC(=O)OC(C)(C)C)CC1)O2. The number of nitrogens with zero attached hydrogens (tertiary/aromatic N) is 2. The Morgan fingerprint density at radius 1 is 1.07 bits per heavy atom. The lowest BCUT2D eigenvalue weighted by molar-refractivity contribution is -0.121. The maximum Gasteiger partial charge on any atom is 0.407 e. The standard InChI is InChI=1S/C32H43N3O7/c1-18-16-35(17-19(2)39-18)26-13-8-21(15-33-26)25-14-24(29(36)37)20(3)27-28(25)41-32(7,40-27)22-9-11-23(12-10-22)34-30(38)42-31(4,5)6/h8,13-15,18-19,22-23H,9-12,16-17H2,1-7H3,(H,34,38)(H,36,37)/t18-,19+,22?,23?,32?. The van der Waals surface area contributed by atoms with Gasteiger partial charge >= 0.3 is 12.1 Å². The molecule has 1 saturated carbocycles. The molecule has 3 heterocycles. The highest BCUT2D eigenvalue weighted by molar-refractivity contribution is 5.94. The van der Waals surface area contributed by atoms with E-state index in [4.69, 9.17) is 23.9 Å². The third kappa shape index (κ3) is 6.28. The van der Waals surface area contributed by atoms with Crippen molar-refractivity contribution < 1.29 is 33.6 Å². The first-order valence-corrected chi connectivity index (χ1v) is 14.9. The van der Waals surface area contributed by atoms with Crippen molar-refractivity contribution in [3.63, 3.8) is 0 Å². The molecule has 2 N–H and O–H groups in total. The first-order chi connectivity index (χ1) is 19.7. The number of carbonyl (C=O) groups is 2. The summed E-state index contributed by atoms with van der Waals surface area (Å²) >= 11 is 0. The minimum atomic E-state index is -1.02. The number of fused-ring (bicyclic) bond motifs is 1. The van der Waals surface area contributed by atoms with E-state index in [1.54, 1.807) is 19.2 Å². The average Bonchev–Trinajstić information content (AvgIpc) is 3.27. The normalized spacial score (nSPS) is 27.5. The molecule has 3 atom stereocenters. The molecule has 10 nitrogen and oxygen atoms in total. The molecule has 0 bridgehead atoms. The number of benzene rings is 1. The van der Waals surface area contributed by atoms with E-state index >= 15 is 0 Å². The highest BCUT2D eigenvalue weighted by Gasteiger charge is 2.48. The van der Waals surface area contributed by atoms with Crippen molar-refractivity contribution >= 4 is 17.9 Å². The van der Waals surface area contributed by atoms with Gasteiger partial charge in [0.1, 0.15) is 11.4 Å². The lowest BCUT2D eigenvalue weighted by atomic mass is 9.81. The van der Waals surface area contributed by atoms with Gasteiger partial charge in [0, 0.05) is 54.9 Å². The molecule has 2 aliphatic heterocycles. The molecular formula is C32H43N3O7. The number of ether oxygens (including phenoxy) is 4. The van der Waals surface area contributed by atoms with Crippen LogP contribution in [0, 0.1) is 12.8 Å². The van der Waals surface area contributed by atoms with Crippen LogP contribution < -0.4 is 19.7 Å². The number of aromatic carboxylic acids is 1. The van der Waals surface area contributed by atoms with E-state index < -0.39 is 23.5 Å². The Kier molecular flexibility index (Phi) is 8.04. The maximum atomic E-state index is 12.3. The Bertz CT molecular complexity index is 1320. The van der Waals surface area contributed by atoms with Crippen molar-refractivity contribution in [2.75, 3.05) is 18.0 Å². The minimum Gasteiger partial charge on any atom is -0.478 e. The lowest BCUT2D eigenvalue weighted by Crippen LogP contribution is -2.48. The summed E-state index contributed by atoms with van der Waals surface area (Å²) in [5.74, 6) is -0.0972. The van der Waals surface area contributed by atoms with Crippen molar-refractivity contribution in [3.8, 4) is 22.6 Å². The van der Waals surface area contributed by atoms with E-state index in [1.807, 2.05) is 39.8 Å². The van der Waals surface area contributed by atoms with Crippen LogP contribution in [0.3, 0.4) is 0 Å². The Hall–Kier alpha value is -3.53. The number of amides is 1. The second-order valence-electron chi connectivity index (χ2n) is 13.0. The zero-order chi connectivity index (χ0) is 30.4. The highest BCUT2D eigenvalue weighted by atomic mass is 16.7. The van der Waals surface area contributed by atoms with Gasteiger partial charge in [0.15, 0.2) is 11.5 Å². The molecule has 0 radical (unpaired) electrons. The van der Waals surface area contributed by atoms with E-state index in [-0.39, 0.29) is 29.7 Å². The van der Waals surface area contributed by atoms with Gasteiger partial charge in [-0.1, -0.05) is 0 Å². The summed E-state index contributed by atoms with van der Waals surface area (Å²) in [5.41, 5.74) is 1.55. The Morgan fingerprint density at radius 2 is 1.71 bits per heavy atom. The molecule has 10 heteroatoms. The number of pyridine rings is 1. The number of aromatic nitrogens is 1. The van der Waals surface area contributed by atoms with E-state index in [0.717, 1.165) is 50.2 Å². The number of anilines is 1. The second-order valence-corrected chi connectivity index (χ2v) is 13.0. The fraction of sp³-hybridized carbons (Fsp3) is 0.594. The van der Waals surface area contributed by atoms with Crippen LogP contribution in [0.25, 0.3) is 11.1 Å². The molecule has 1 aromatic heterocycles. The molecule has 228 valence electrons. The zero-order valence-electron chi connectivity index (χ0n) is 25.7. The average molecular weight is 582 g/mol. The van der Waals surface area contributed by atoms with Crippen molar-refractivity contribution in [3.05, 3.63) is 35.5 Å². The molecule has 1 aliphatic carbocycles. The van der Waals surface area contributed by atoms with Crippen LogP contribution in [0.5, 0.6) is 11.5 Å². The molecule has 3 aliphatic rings. The van der Waals surface area contributed by atoms with Crippen LogP contribution in [-0.4, -0.2) is 64.9 Å². The summed E-state index contributed by atoms with van der Waals surface area (Å²) in [7, 11) is 0. The number of carbonyl (C=O) groups excluding carboxylic acids is 1. The summed E-state index contributed by atoms with van der Waals surface area (Å²) in [5, 5.41) is 13.0. The van der Waals surface area contributed by atoms with Gasteiger partial charge in [-0.05, 0) is 85.4 Å². The van der Waals surface area contributed by atoms with Gasteiger partial charge in [0.25, 0.3) is 5.79 Å². The molecule has 1 unspecified atom stereocenters. The lowest BCUT2D eigenvalue weighted by Gasteiger charge is -2.37. The van der Waals surface area contributed by atoms with Gasteiger partial charge in [-0.2, -0.15) is 0 Å². The molecular weight excluding hydrogens is 538 g/mol. The monoisotopic (exact) mass is 581 g/mol. The predicted molar refractivity (Wildman–Crippen MR) is 158 cm³/mol. The summed E-state index contributed by atoms with van der Waals surface area (Å²) in [6, 6.07) is 5.58. The van der Waals surface area contributed by atoms with Crippen LogP contribution in [-0.2, 0) is 9.47 Å². The van der Waals surface area contributed by atoms with Crippen LogP contribution in [0.4, 0.5) is 10.6 Å². The first-order valence-electron chi connectivity index (χ1n) is 14.9. The molecule has 5 rings (SSSR count). The predicted octanol–water partition coefficient (Wildman–Crippen LogP) is 5.94. The Balaban J connectivity index is 1.36. The first kappa shape index (κ1) is 29.9. The number of hydrogen-bond donors (Lipinski definition) is 2. The topological polar surface area (TPSA) is 119 Å². The van der Waals surface area contributed by atoms with Crippen LogP contribution in [0.1, 0.15) is 83.1 Å². The molecule has 2 aromatic rings. The van der Waals surface area contributed by atoms with Gasteiger partial charge < -0.3 is 34.3 Å². The second kappa shape index (κ2) is 11.3. The molecule has 2 fully saturated rings. The highest BCUT2D eigenvalue weighted by Crippen LogP contribution is 2.52. The third-order valence-corrected chi connectivity index (χ3v) is 8.32. The van der Waals surface area contributed by atoms with Crippen LogP contribution in [0.2, 0.25) is 0 Å². The smallest absolute Gasteiger partial charge is 0.407 e. The van der Waals surface area contributed by atoms with Crippen molar-refractivity contribution in [1.29, 1.82) is 0 Å². The summed E-state index contributed by atoms with van der Waals surface area (Å²) < 4.78 is 24.4. The number of carboxylic acids is 1. The maximum absolute atomic E-state index is 12.3.